The number of aliphatic hydroxyl groups is 1. The Morgan fingerprint density at radius 1 is 1.22 bits per heavy atom. The molecule has 4 N–H and O–H groups in total. The van der Waals surface area contributed by atoms with Gasteiger partial charge in [-0.15, -0.1) is 0 Å². The molecule has 0 spiro atoms. The number of nitrogens with one attached hydrogen (secondary N) is 3. The molecule has 3 heterocycles. The quantitative estimate of drug-likeness (QED) is 0.299. The van der Waals surface area contributed by atoms with E-state index in [1.54, 1.807) is 16.6 Å². The van der Waals surface area contributed by atoms with Gasteiger partial charge in [-0.05, 0) is 82.1 Å². The number of pyridine rings is 1. The zero-order valence-electron chi connectivity index (χ0n) is 23.2. The van der Waals surface area contributed by atoms with Crippen LogP contribution in [0.2, 0.25) is 0 Å². The lowest BCUT2D eigenvalue weighted by molar-refractivity contribution is -0.165. The molecule has 11 heteroatoms. The van der Waals surface area contributed by atoms with Crippen LogP contribution in [-0.2, 0) is 4.79 Å². The second kappa shape index (κ2) is 10.1. The highest BCUT2D eigenvalue weighted by atomic mass is 19.1. The highest BCUT2D eigenvalue weighted by molar-refractivity contribution is 6.00. The van der Waals surface area contributed by atoms with E-state index >= 15 is 0 Å². The number of halogens is 1. The molecule has 0 aromatic carbocycles. The zero-order chi connectivity index (χ0) is 28.9. The van der Waals surface area contributed by atoms with E-state index in [1.807, 2.05) is 12.1 Å². The van der Waals surface area contributed by atoms with Gasteiger partial charge in [0.1, 0.15) is 12.2 Å². The van der Waals surface area contributed by atoms with Gasteiger partial charge in [0.2, 0.25) is 5.91 Å². The fourth-order valence-corrected chi connectivity index (χ4v) is 6.10. The minimum atomic E-state index is -1.64. The first kappa shape index (κ1) is 27.1. The Hall–Kier alpha value is -4.04. The van der Waals surface area contributed by atoms with Crippen molar-refractivity contribution in [2.24, 2.45) is 17.3 Å². The molecule has 10 nitrogen and oxygen atoms in total. The standard InChI is InChI=1S/C30H34FN7O3/c1-29(2,41)26(31)16-34-27(39)22-15-33-24(25-4-3-21-7-18(12-32)14-36-38(21)25)8-23(22)37-20-5-17(6-20)13-35-28(40)30-9-19(10-30)11-30/h3-4,7-8,14-15,17,19-20,26,41H,5-6,9-11,13,16H2,1-2H3,(H,33,37)(H,34,39)(H,35,40)/t17?,19?,20?,26-,30?/m1/s1. The fraction of sp³-hybridized carbons (Fsp3) is 0.500. The van der Waals surface area contributed by atoms with Gasteiger partial charge >= 0.3 is 0 Å². The van der Waals surface area contributed by atoms with Crippen molar-refractivity contribution < 1.29 is 19.1 Å². The van der Waals surface area contributed by atoms with Crippen molar-refractivity contribution >= 4 is 23.0 Å². The van der Waals surface area contributed by atoms with Crippen molar-refractivity contribution in [3.8, 4) is 17.5 Å². The number of amides is 2. The van der Waals surface area contributed by atoms with Crippen molar-refractivity contribution in [3.05, 3.63) is 47.8 Å². The van der Waals surface area contributed by atoms with Crippen LogP contribution in [0.3, 0.4) is 0 Å². The van der Waals surface area contributed by atoms with E-state index in [2.05, 4.69) is 32.1 Å². The lowest BCUT2D eigenvalue weighted by Gasteiger charge is -2.60. The van der Waals surface area contributed by atoms with Crippen LogP contribution >= 0.6 is 0 Å². The predicted molar refractivity (Wildman–Crippen MR) is 150 cm³/mol. The molecule has 7 rings (SSSR count). The minimum Gasteiger partial charge on any atom is -0.387 e. The molecule has 4 aliphatic rings. The number of nitriles is 1. The molecule has 41 heavy (non-hydrogen) atoms. The van der Waals surface area contributed by atoms with E-state index in [0.717, 1.165) is 43.5 Å². The average molecular weight is 560 g/mol. The molecule has 4 fully saturated rings. The number of anilines is 1. The van der Waals surface area contributed by atoms with Crippen LogP contribution in [0.15, 0.2) is 36.7 Å². The Kier molecular flexibility index (Phi) is 6.69. The van der Waals surface area contributed by atoms with Gasteiger partial charge < -0.3 is 21.1 Å². The first-order valence-electron chi connectivity index (χ1n) is 14.1. The molecule has 3 aromatic rings. The largest absolute Gasteiger partial charge is 0.387 e. The van der Waals surface area contributed by atoms with Gasteiger partial charge in [-0.1, -0.05) is 0 Å². The number of carbonyl (C=O) groups is 2. The van der Waals surface area contributed by atoms with Crippen LogP contribution in [0.5, 0.6) is 0 Å². The molecule has 0 radical (unpaired) electrons. The third kappa shape index (κ3) is 5.12. The van der Waals surface area contributed by atoms with Crippen molar-refractivity contribution in [3.63, 3.8) is 0 Å². The van der Waals surface area contributed by atoms with Crippen molar-refractivity contribution in [1.82, 2.24) is 25.2 Å². The molecule has 214 valence electrons. The summed E-state index contributed by atoms with van der Waals surface area (Å²) < 4.78 is 16.0. The maximum atomic E-state index is 14.3. The van der Waals surface area contributed by atoms with Gasteiger partial charge in [-0.3, -0.25) is 14.6 Å². The molecule has 0 unspecified atom stereocenters. The normalized spacial score (nSPS) is 25.2. The van der Waals surface area contributed by atoms with Crippen molar-refractivity contribution in [2.45, 2.75) is 63.8 Å². The summed E-state index contributed by atoms with van der Waals surface area (Å²) in [6, 6.07) is 9.37. The van der Waals surface area contributed by atoms with Gasteiger partial charge in [0.05, 0.1) is 52.1 Å². The zero-order valence-corrected chi connectivity index (χ0v) is 23.2. The Morgan fingerprint density at radius 2 is 1.98 bits per heavy atom. The summed E-state index contributed by atoms with van der Waals surface area (Å²) in [5.41, 5.74) is 1.59. The van der Waals surface area contributed by atoms with E-state index in [1.165, 1.54) is 26.2 Å². The molecule has 1 atom stereocenters. The van der Waals surface area contributed by atoms with Crippen LogP contribution in [0, 0.1) is 28.6 Å². The van der Waals surface area contributed by atoms with Crippen LogP contribution in [0.1, 0.15) is 61.9 Å². The van der Waals surface area contributed by atoms with Crippen molar-refractivity contribution in [2.75, 3.05) is 18.4 Å². The maximum Gasteiger partial charge on any atom is 0.255 e. The molecule has 0 aliphatic heterocycles. The second-order valence-corrected chi connectivity index (χ2v) is 12.5. The summed E-state index contributed by atoms with van der Waals surface area (Å²) in [5.74, 6) is 0.809. The summed E-state index contributed by atoms with van der Waals surface area (Å²) in [6.07, 6.45) is 6.08. The van der Waals surface area contributed by atoms with E-state index in [-0.39, 0.29) is 29.5 Å². The number of hydrogen-bond acceptors (Lipinski definition) is 7. The smallest absolute Gasteiger partial charge is 0.255 e. The Bertz CT molecular complexity index is 1530. The molecule has 2 amide bonds. The molecular weight excluding hydrogens is 525 g/mol. The van der Waals surface area contributed by atoms with Crippen LogP contribution in [0.4, 0.5) is 10.1 Å². The summed E-state index contributed by atoms with van der Waals surface area (Å²) in [4.78, 5) is 30.1. The Morgan fingerprint density at radius 3 is 2.63 bits per heavy atom. The van der Waals surface area contributed by atoms with E-state index in [0.29, 0.717) is 35.1 Å². The summed E-state index contributed by atoms with van der Waals surface area (Å²) >= 11 is 0. The lowest BCUT2D eigenvalue weighted by Crippen LogP contribution is -2.61. The third-order valence-corrected chi connectivity index (χ3v) is 8.92. The predicted octanol–water partition coefficient (Wildman–Crippen LogP) is 3.21. The molecule has 4 aliphatic carbocycles. The van der Waals surface area contributed by atoms with Crippen LogP contribution in [-0.4, -0.2) is 62.4 Å². The second-order valence-electron chi connectivity index (χ2n) is 12.5. The van der Waals surface area contributed by atoms with Gasteiger partial charge in [-0.2, -0.15) is 10.4 Å². The van der Waals surface area contributed by atoms with Gasteiger partial charge in [0.25, 0.3) is 5.91 Å². The Labute approximate surface area is 237 Å². The molecule has 4 saturated carbocycles. The SMILES string of the molecule is CC(C)(O)[C@H](F)CNC(=O)c1cnc(-c2ccc3cc(C#N)cnn23)cc1NC1CC(CNC(=O)C23CC(C2)C3)C1. The molecule has 0 saturated heterocycles. The number of carbonyl (C=O) groups excluding carboxylic acids is 2. The van der Waals surface area contributed by atoms with Crippen molar-refractivity contribution in [1.29, 1.82) is 5.26 Å². The topological polar surface area (TPSA) is 144 Å². The molecule has 3 aromatic heterocycles. The van der Waals surface area contributed by atoms with Crippen LogP contribution < -0.4 is 16.0 Å². The number of hydrogen-bond donors (Lipinski definition) is 4. The van der Waals surface area contributed by atoms with E-state index in [4.69, 9.17) is 0 Å². The van der Waals surface area contributed by atoms with Gasteiger partial charge in [0.15, 0.2) is 0 Å². The van der Waals surface area contributed by atoms with Gasteiger partial charge in [0, 0.05) is 24.2 Å². The molecular formula is C30H34FN7O3. The van der Waals surface area contributed by atoms with Gasteiger partial charge in [-0.25, -0.2) is 8.91 Å². The van der Waals surface area contributed by atoms with E-state index in [9.17, 15) is 24.3 Å². The highest BCUT2D eigenvalue weighted by Crippen LogP contribution is 2.64. The molecule has 2 bridgehead atoms. The first-order valence-corrected chi connectivity index (χ1v) is 14.1. The average Bonchev–Trinajstić information content (AvgIpc) is 3.28. The summed E-state index contributed by atoms with van der Waals surface area (Å²) in [7, 11) is 0. The summed E-state index contributed by atoms with van der Waals surface area (Å²) in [6.45, 7) is 3.02. The fourth-order valence-electron chi connectivity index (χ4n) is 6.10. The summed E-state index contributed by atoms with van der Waals surface area (Å²) in [5, 5.41) is 32.6. The van der Waals surface area contributed by atoms with E-state index < -0.39 is 17.7 Å². The highest BCUT2D eigenvalue weighted by Gasteiger charge is 2.61. The Balaban J connectivity index is 1.17. The number of aromatic nitrogens is 3. The number of rotatable bonds is 10. The number of fused-ring (bicyclic) bond motifs is 1. The van der Waals surface area contributed by atoms with Crippen LogP contribution in [0.25, 0.3) is 16.9 Å². The first-order chi connectivity index (χ1) is 19.5. The minimum absolute atomic E-state index is 0.0837. The third-order valence-electron chi connectivity index (χ3n) is 8.92. The lowest BCUT2D eigenvalue weighted by atomic mass is 9.44. The number of alkyl halides is 1. The monoisotopic (exact) mass is 559 g/mol. The number of nitrogens with zero attached hydrogens (tertiary/aromatic N) is 4. The maximum absolute atomic E-state index is 14.3.